The average molecular weight is 170 g/mol. The summed E-state index contributed by atoms with van der Waals surface area (Å²) in [5.41, 5.74) is 0. The highest BCUT2D eigenvalue weighted by molar-refractivity contribution is 5.65. The van der Waals surface area contributed by atoms with Crippen LogP contribution in [0.5, 0.6) is 0 Å². The van der Waals surface area contributed by atoms with E-state index in [1.54, 1.807) is 0 Å². The van der Waals surface area contributed by atoms with Gasteiger partial charge in [0.25, 0.3) is 0 Å². The lowest BCUT2D eigenvalue weighted by molar-refractivity contribution is 0.148. The molecule has 0 radical (unpaired) electrons. The van der Waals surface area contributed by atoms with Gasteiger partial charge in [0.1, 0.15) is 0 Å². The molecule has 0 spiro atoms. The van der Waals surface area contributed by atoms with Crippen LogP contribution in [0.15, 0.2) is 0 Å². The topological polar surface area (TPSA) is 52.6 Å². The smallest absolute Gasteiger partial charge is 0.407 e. The quantitative estimate of drug-likeness (QED) is 0.616. The van der Waals surface area contributed by atoms with Crippen molar-refractivity contribution in [3.05, 3.63) is 0 Å². The molecule has 1 heterocycles. The zero-order valence-electron chi connectivity index (χ0n) is 7.16. The van der Waals surface area contributed by atoms with Gasteiger partial charge in [0.05, 0.1) is 0 Å². The number of nitrogens with one attached hydrogen (secondary N) is 1. The lowest BCUT2D eigenvalue weighted by Crippen LogP contribution is -2.31. The van der Waals surface area contributed by atoms with Crippen molar-refractivity contribution in [1.29, 1.82) is 0 Å². The first kappa shape index (κ1) is 7.86. The molecule has 2 fully saturated rings. The van der Waals surface area contributed by atoms with Crippen LogP contribution in [0.25, 0.3) is 0 Å². The van der Waals surface area contributed by atoms with E-state index in [4.69, 9.17) is 5.11 Å². The van der Waals surface area contributed by atoms with E-state index in [2.05, 4.69) is 5.32 Å². The molecule has 2 atom stereocenters. The van der Waals surface area contributed by atoms with Crippen molar-refractivity contribution >= 4 is 6.09 Å². The number of rotatable bonds is 2. The molecule has 1 amide bonds. The second-order valence-electron chi connectivity index (χ2n) is 3.74. The maximum atomic E-state index is 10.5. The van der Waals surface area contributed by atoms with Crippen LogP contribution in [0.2, 0.25) is 0 Å². The summed E-state index contributed by atoms with van der Waals surface area (Å²) in [6.45, 7) is 2.56. The molecule has 68 valence electrons. The van der Waals surface area contributed by atoms with E-state index >= 15 is 0 Å². The highest BCUT2D eigenvalue weighted by Crippen LogP contribution is 2.51. The average Bonchev–Trinajstić information content (AvgIpc) is 2.51. The number of carbonyl (C=O) groups is 1. The van der Waals surface area contributed by atoms with Crippen molar-refractivity contribution in [2.75, 3.05) is 26.7 Å². The van der Waals surface area contributed by atoms with E-state index in [9.17, 15) is 4.79 Å². The molecule has 12 heavy (non-hydrogen) atoms. The van der Waals surface area contributed by atoms with Crippen molar-refractivity contribution in [3.63, 3.8) is 0 Å². The Morgan fingerprint density at radius 3 is 2.58 bits per heavy atom. The number of likely N-dealkylation sites (tertiary alicyclic amines) is 1. The molecule has 4 heteroatoms. The maximum absolute atomic E-state index is 10.5. The van der Waals surface area contributed by atoms with Gasteiger partial charge in [-0.3, -0.25) is 0 Å². The van der Waals surface area contributed by atoms with Gasteiger partial charge in [-0.1, -0.05) is 0 Å². The van der Waals surface area contributed by atoms with E-state index < -0.39 is 6.09 Å². The first-order chi connectivity index (χ1) is 5.74. The third-order valence-electron chi connectivity index (χ3n) is 3.08. The summed E-state index contributed by atoms with van der Waals surface area (Å²) in [4.78, 5) is 12.1. The molecular formula is C8H14N2O2. The Kier molecular flexibility index (Phi) is 1.72. The Labute approximate surface area is 71.5 Å². The van der Waals surface area contributed by atoms with Crippen molar-refractivity contribution in [3.8, 4) is 0 Å². The van der Waals surface area contributed by atoms with E-state index in [-0.39, 0.29) is 0 Å². The van der Waals surface area contributed by atoms with Crippen LogP contribution < -0.4 is 5.32 Å². The standard InChI is InChI=1S/C8H14N2O2/c1-9-2-5-6-3-10(8(11)12)4-7(5)6/h5-7,9H,2-4H2,1H3,(H,11,12). The minimum absolute atomic E-state index is 0.647. The molecule has 1 saturated heterocycles. The van der Waals surface area contributed by atoms with Gasteiger partial charge in [-0.05, 0) is 31.3 Å². The number of amides is 1. The van der Waals surface area contributed by atoms with Gasteiger partial charge in [0.15, 0.2) is 0 Å². The van der Waals surface area contributed by atoms with Crippen molar-refractivity contribution in [2.45, 2.75) is 0 Å². The summed E-state index contributed by atoms with van der Waals surface area (Å²) in [6.07, 6.45) is -0.759. The summed E-state index contributed by atoms with van der Waals surface area (Å²) in [5, 5.41) is 11.8. The van der Waals surface area contributed by atoms with Crippen LogP contribution in [0, 0.1) is 17.8 Å². The zero-order chi connectivity index (χ0) is 8.72. The molecule has 2 unspecified atom stereocenters. The summed E-state index contributed by atoms with van der Waals surface area (Å²) in [6, 6.07) is 0. The van der Waals surface area contributed by atoms with Gasteiger partial charge in [-0.15, -0.1) is 0 Å². The molecular weight excluding hydrogens is 156 g/mol. The summed E-state index contributed by atoms with van der Waals surface area (Å²) in [7, 11) is 1.95. The highest BCUT2D eigenvalue weighted by atomic mass is 16.4. The molecule has 1 saturated carbocycles. The number of nitrogens with zero attached hydrogens (tertiary/aromatic N) is 1. The summed E-state index contributed by atoms with van der Waals surface area (Å²) < 4.78 is 0. The highest BCUT2D eigenvalue weighted by Gasteiger charge is 2.55. The van der Waals surface area contributed by atoms with Crippen LogP contribution in [0.4, 0.5) is 4.79 Å². The second-order valence-corrected chi connectivity index (χ2v) is 3.74. The second kappa shape index (κ2) is 2.62. The minimum atomic E-state index is -0.759. The SMILES string of the molecule is CNCC1C2CN(C(=O)O)CC12. The molecule has 0 aromatic carbocycles. The Bertz CT molecular complexity index is 195. The number of fused-ring (bicyclic) bond motifs is 1. The van der Waals surface area contributed by atoms with Crippen molar-refractivity contribution in [2.24, 2.45) is 17.8 Å². The third kappa shape index (κ3) is 1.06. The fourth-order valence-corrected chi connectivity index (χ4v) is 2.34. The van der Waals surface area contributed by atoms with E-state index in [0.717, 1.165) is 25.6 Å². The van der Waals surface area contributed by atoms with E-state index in [1.807, 2.05) is 7.05 Å². The van der Waals surface area contributed by atoms with Gasteiger partial charge in [0.2, 0.25) is 0 Å². The van der Waals surface area contributed by atoms with Crippen LogP contribution in [-0.4, -0.2) is 42.8 Å². The molecule has 4 nitrogen and oxygen atoms in total. The lowest BCUT2D eigenvalue weighted by atomic mass is 10.2. The normalized spacial score (nSPS) is 38.1. The Morgan fingerprint density at radius 2 is 2.17 bits per heavy atom. The van der Waals surface area contributed by atoms with Gasteiger partial charge in [-0.25, -0.2) is 4.79 Å². The molecule has 1 aliphatic heterocycles. The first-order valence-electron chi connectivity index (χ1n) is 4.36. The number of hydrogen-bond donors (Lipinski definition) is 2. The van der Waals surface area contributed by atoms with E-state index in [0.29, 0.717) is 11.8 Å². The van der Waals surface area contributed by atoms with Crippen LogP contribution in [0.1, 0.15) is 0 Å². The maximum Gasteiger partial charge on any atom is 0.407 e. The summed E-state index contributed by atoms with van der Waals surface area (Å²) >= 11 is 0. The number of carboxylic acid groups (broad SMARTS) is 1. The van der Waals surface area contributed by atoms with Gasteiger partial charge < -0.3 is 15.3 Å². The Balaban J connectivity index is 1.82. The number of piperidine rings is 1. The molecule has 1 aliphatic carbocycles. The van der Waals surface area contributed by atoms with Crippen molar-refractivity contribution < 1.29 is 9.90 Å². The fraction of sp³-hybridized carbons (Fsp3) is 0.875. The first-order valence-corrected chi connectivity index (χ1v) is 4.36. The van der Waals surface area contributed by atoms with E-state index in [1.165, 1.54) is 4.90 Å². The largest absolute Gasteiger partial charge is 0.465 e. The molecule has 0 aromatic heterocycles. The lowest BCUT2D eigenvalue weighted by Gasteiger charge is -2.15. The fourth-order valence-electron chi connectivity index (χ4n) is 2.34. The summed E-state index contributed by atoms with van der Waals surface area (Å²) in [5.74, 6) is 2.03. The van der Waals surface area contributed by atoms with Gasteiger partial charge in [-0.2, -0.15) is 0 Å². The van der Waals surface area contributed by atoms with Gasteiger partial charge >= 0.3 is 6.09 Å². The minimum Gasteiger partial charge on any atom is -0.465 e. The predicted molar refractivity (Wildman–Crippen MR) is 44.0 cm³/mol. The molecule has 0 aromatic rings. The van der Waals surface area contributed by atoms with Crippen molar-refractivity contribution in [1.82, 2.24) is 10.2 Å². The van der Waals surface area contributed by atoms with Gasteiger partial charge in [0, 0.05) is 13.1 Å². The van der Waals surface area contributed by atoms with Crippen LogP contribution in [-0.2, 0) is 0 Å². The zero-order valence-corrected chi connectivity index (χ0v) is 7.16. The predicted octanol–water partition coefficient (Wildman–Crippen LogP) is 0.0616. The molecule has 2 N–H and O–H groups in total. The monoisotopic (exact) mass is 170 g/mol. The molecule has 0 bridgehead atoms. The van der Waals surface area contributed by atoms with Crippen LogP contribution >= 0.6 is 0 Å². The third-order valence-corrected chi connectivity index (χ3v) is 3.08. The Hall–Kier alpha value is -0.770. The number of hydrogen-bond acceptors (Lipinski definition) is 2. The molecule has 2 aliphatic rings. The Morgan fingerprint density at radius 1 is 1.58 bits per heavy atom. The van der Waals surface area contributed by atoms with Crippen LogP contribution in [0.3, 0.4) is 0 Å². The molecule has 2 rings (SSSR count).